The fourth-order valence-corrected chi connectivity index (χ4v) is 1.74. The normalized spacial score (nSPS) is 10.7. The average Bonchev–Trinajstić information content (AvgIpc) is 2.93. The lowest BCUT2D eigenvalue weighted by molar-refractivity contribution is -0.0498. The molecule has 5 nitrogen and oxygen atoms in total. The van der Waals surface area contributed by atoms with Gasteiger partial charge in [-0.3, -0.25) is 9.48 Å². The van der Waals surface area contributed by atoms with Gasteiger partial charge in [-0.1, -0.05) is 0 Å². The Balaban J connectivity index is 1.90. The monoisotopic (exact) mass is 295 g/mol. The summed E-state index contributed by atoms with van der Waals surface area (Å²) in [4.78, 5) is 11.9. The van der Waals surface area contributed by atoms with Crippen LogP contribution in [0.1, 0.15) is 22.8 Å². The van der Waals surface area contributed by atoms with Crippen LogP contribution in [-0.2, 0) is 13.1 Å². The highest BCUT2D eigenvalue weighted by Gasteiger charge is 2.08. The minimum atomic E-state index is -2.88. The first kappa shape index (κ1) is 15.0. The summed E-state index contributed by atoms with van der Waals surface area (Å²) in [5, 5.41) is 6.83. The van der Waals surface area contributed by atoms with Crippen LogP contribution in [0.5, 0.6) is 5.75 Å². The molecule has 1 amide bonds. The summed E-state index contributed by atoms with van der Waals surface area (Å²) in [5.41, 5.74) is 1.27. The first-order valence-corrected chi connectivity index (χ1v) is 6.43. The van der Waals surface area contributed by atoms with Crippen molar-refractivity contribution >= 4 is 5.91 Å². The summed E-state index contributed by atoms with van der Waals surface area (Å²) in [7, 11) is 0. The van der Waals surface area contributed by atoms with Gasteiger partial charge in [-0.25, -0.2) is 0 Å². The van der Waals surface area contributed by atoms with Crippen molar-refractivity contribution < 1.29 is 18.3 Å². The molecule has 2 rings (SSSR count). The number of halogens is 2. The Bertz CT molecular complexity index is 597. The van der Waals surface area contributed by atoms with E-state index in [1.807, 2.05) is 13.1 Å². The molecule has 0 fully saturated rings. The van der Waals surface area contributed by atoms with Gasteiger partial charge in [-0.2, -0.15) is 13.9 Å². The molecule has 0 saturated heterocycles. The maximum atomic E-state index is 12.0. The van der Waals surface area contributed by atoms with Gasteiger partial charge in [0.05, 0.1) is 6.20 Å². The van der Waals surface area contributed by atoms with Gasteiger partial charge in [0.2, 0.25) is 0 Å². The number of hydrogen-bond donors (Lipinski definition) is 1. The average molecular weight is 295 g/mol. The molecular weight excluding hydrogens is 280 g/mol. The summed E-state index contributed by atoms with van der Waals surface area (Å²) >= 11 is 0. The summed E-state index contributed by atoms with van der Waals surface area (Å²) in [6.07, 6.45) is 3.53. The zero-order valence-corrected chi connectivity index (χ0v) is 11.4. The van der Waals surface area contributed by atoms with Crippen molar-refractivity contribution in [2.45, 2.75) is 26.6 Å². The fourth-order valence-electron chi connectivity index (χ4n) is 1.74. The molecule has 112 valence electrons. The van der Waals surface area contributed by atoms with Gasteiger partial charge >= 0.3 is 6.61 Å². The van der Waals surface area contributed by atoms with Gasteiger partial charge in [0.25, 0.3) is 5.91 Å². The van der Waals surface area contributed by atoms with Crippen LogP contribution < -0.4 is 10.1 Å². The number of nitrogens with zero attached hydrogens (tertiary/aromatic N) is 2. The SMILES string of the molecule is CCn1cc(CNC(=O)c2ccc(OC(F)F)cc2)cn1. The lowest BCUT2D eigenvalue weighted by Gasteiger charge is -2.06. The number of rotatable bonds is 6. The predicted octanol–water partition coefficient (Wildman–Crippen LogP) is 2.43. The van der Waals surface area contributed by atoms with Crippen LogP contribution in [0.3, 0.4) is 0 Å². The molecule has 0 radical (unpaired) electrons. The van der Waals surface area contributed by atoms with Crippen LogP contribution in [0, 0.1) is 0 Å². The molecule has 1 aromatic carbocycles. The van der Waals surface area contributed by atoms with E-state index in [-0.39, 0.29) is 11.7 Å². The number of carbonyl (C=O) groups is 1. The van der Waals surface area contributed by atoms with Crippen molar-refractivity contribution in [1.29, 1.82) is 0 Å². The highest BCUT2D eigenvalue weighted by atomic mass is 19.3. The fraction of sp³-hybridized carbons (Fsp3) is 0.286. The molecule has 1 N–H and O–H groups in total. The number of ether oxygens (including phenoxy) is 1. The van der Waals surface area contributed by atoms with Crippen LogP contribution in [-0.4, -0.2) is 22.3 Å². The second-order valence-corrected chi connectivity index (χ2v) is 4.29. The standard InChI is InChI=1S/C14H15F2N3O2/c1-2-19-9-10(8-18-19)7-17-13(20)11-3-5-12(6-4-11)21-14(15)16/h3-6,8-9,14H,2,7H2,1H3,(H,17,20). The van der Waals surface area contributed by atoms with E-state index in [1.165, 1.54) is 24.3 Å². The molecule has 1 heterocycles. The van der Waals surface area contributed by atoms with Crippen LogP contribution in [0.15, 0.2) is 36.7 Å². The van der Waals surface area contributed by atoms with E-state index in [9.17, 15) is 13.6 Å². The highest BCUT2D eigenvalue weighted by Crippen LogP contribution is 2.14. The van der Waals surface area contributed by atoms with Gasteiger partial charge in [0, 0.05) is 30.4 Å². The summed E-state index contributed by atoms with van der Waals surface area (Å²) in [5.74, 6) is -0.270. The van der Waals surface area contributed by atoms with Crippen molar-refractivity contribution in [3.63, 3.8) is 0 Å². The Morgan fingerprint density at radius 2 is 2.10 bits per heavy atom. The molecule has 7 heteroatoms. The Kier molecular flexibility index (Phi) is 4.86. The van der Waals surface area contributed by atoms with E-state index in [0.29, 0.717) is 12.1 Å². The highest BCUT2D eigenvalue weighted by molar-refractivity contribution is 5.94. The van der Waals surface area contributed by atoms with E-state index in [4.69, 9.17) is 0 Å². The minimum absolute atomic E-state index is 0.0192. The minimum Gasteiger partial charge on any atom is -0.435 e. The molecule has 0 bridgehead atoms. The molecule has 1 aromatic heterocycles. The Morgan fingerprint density at radius 1 is 1.38 bits per heavy atom. The topological polar surface area (TPSA) is 56.2 Å². The van der Waals surface area contributed by atoms with Crippen LogP contribution in [0.2, 0.25) is 0 Å². The van der Waals surface area contributed by atoms with E-state index >= 15 is 0 Å². The van der Waals surface area contributed by atoms with Gasteiger partial charge in [-0.05, 0) is 31.2 Å². The largest absolute Gasteiger partial charge is 0.435 e. The quantitative estimate of drug-likeness (QED) is 0.890. The number of alkyl halides is 2. The van der Waals surface area contributed by atoms with E-state index in [0.717, 1.165) is 12.1 Å². The van der Waals surface area contributed by atoms with Crippen LogP contribution in [0.4, 0.5) is 8.78 Å². The second kappa shape index (κ2) is 6.83. The van der Waals surface area contributed by atoms with E-state index < -0.39 is 6.61 Å². The molecule has 0 aliphatic heterocycles. The summed E-state index contributed by atoms with van der Waals surface area (Å²) in [6, 6.07) is 5.53. The zero-order valence-electron chi connectivity index (χ0n) is 11.4. The third-order valence-corrected chi connectivity index (χ3v) is 2.81. The number of aromatic nitrogens is 2. The maximum Gasteiger partial charge on any atom is 0.387 e. The second-order valence-electron chi connectivity index (χ2n) is 4.29. The Hall–Kier alpha value is -2.44. The van der Waals surface area contributed by atoms with E-state index in [1.54, 1.807) is 10.9 Å². The molecule has 0 atom stereocenters. The molecule has 0 aliphatic rings. The van der Waals surface area contributed by atoms with Gasteiger partial charge < -0.3 is 10.1 Å². The maximum absolute atomic E-state index is 12.0. The van der Waals surface area contributed by atoms with E-state index in [2.05, 4.69) is 15.2 Å². The van der Waals surface area contributed by atoms with Gasteiger partial charge in [-0.15, -0.1) is 0 Å². The predicted molar refractivity (Wildman–Crippen MR) is 72.1 cm³/mol. The summed E-state index contributed by atoms with van der Waals surface area (Å²) in [6.45, 7) is 0.214. The lowest BCUT2D eigenvalue weighted by atomic mass is 10.2. The third-order valence-electron chi connectivity index (χ3n) is 2.81. The molecule has 0 saturated carbocycles. The number of hydrogen-bond acceptors (Lipinski definition) is 3. The Morgan fingerprint density at radius 3 is 2.67 bits per heavy atom. The van der Waals surface area contributed by atoms with Crippen molar-refractivity contribution in [1.82, 2.24) is 15.1 Å². The molecule has 0 aliphatic carbocycles. The first-order valence-electron chi connectivity index (χ1n) is 6.43. The van der Waals surface area contributed by atoms with Crippen LogP contribution in [0.25, 0.3) is 0 Å². The molecule has 0 spiro atoms. The Labute approximate surface area is 120 Å². The molecular formula is C14H15F2N3O2. The number of carbonyl (C=O) groups excluding carboxylic acids is 1. The van der Waals surface area contributed by atoms with Crippen molar-refractivity contribution in [2.75, 3.05) is 0 Å². The first-order chi connectivity index (χ1) is 10.1. The lowest BCUT2D eigenvalue weighted by Crippen LogP contribution is -2.22. The van der Waals surface area contributed by atoms with Gasteiger partial charge in [0.1, 0.15) is 5.75 Å². The molecule has 21 heavy (non-hydrogen) atoms. The smallest absolute Gasteiger partial charge is 0.387 e. The zero-order chi connectivity index (χ0) is 15.2. The number of nitrogens with one attached hydrogen (secondary N) is 1. The molecule has 0 unspecified atom stereocenters. The molecule has 2 aromatic rings. The number of amides is 1. The van der Waals surface area contributed by atoms with Gasteiger partial charge in [0.15, 0.2) is 0 Å². The van der Waals surface area contributed by atoms with Crippen LogP contribution >= 0.6 is 0 Å². The van der Waals surface area contributed by atoms with Crippen molar-refractivity contribution in [3.8, 4) is 5.75 Å². The third kappa shape index (κ3) is 4.27. The van der Waals surface area contributed by atoms with Crippen molar-refractivity contribution in [2.24, 2.45) is 0 Å². The number of benzene rings is 1. The summed E-state index contributed by atoms with van der Waals surface area (Å²) < 4.78 is 30.0. The van der Waals surface area contributed by atoms with Crippen molar-refractivity contribution in [3.05, 3.63) is 47.8 Å². The number of aryl methyl sites for hydroxylation is 1.